The Morgan fingerprint density at radius 2 is 1.76 bits per heavy atom. The van der Waals surface area contributed by atoms with Gasteiger partial charge in [-0.2, -0.15) is 0 Å². The Kier molecular flexibility index (Phi) is 5.49. The van der Waals surface area contributed by atoms with Crippen molar-refractivity contribution >= 4 is 0 Å². The van der Waals surface area contributed by atoms with Crippen LogP contribution in [-0.2, 0) is 4.74 Å². The monoisotopic (exact) mass is 236 g/mol. The second-order valence-corrected chi connectivity index (χ2v) is 5.33. The van der Waals surface area contributed by atoms with Crippen LogP contribution in [0.5, 0.6) is 5.75 Å². The van der Waals surface area contributed by atoms with Crippen LogP contribution < -0.4 is 4.74 Å². The first-order valence-electron chi connectivity index (χ1n) is 6.31. The molecule has 0 heterocycles. The van der Waals surface area contributed by atoms with E-state index in [4.69, 9.17) is 9.47 Å². The minimum Gasteiger partial charge on any atom is -0.494 e. The molecule has 1 aromatic rings. The van der Waals surface area contributed by atoms with Crippen LogP contribution in [0.25, 0.3) is 0 Å². The van der Waals surface area contributed by atoms with E-state index in [0.717, 1.165) is 31.8 Å². The third-order valence-electron chi connectivity index (χ3n) is 2.33. The van der Waals surface area contributed by atoms with Crippen molar-refractivity contribution in [2.75, 3.05) is 13.2 Å². The molecule has 0 aliphatic heterocycles. The van der Waals surface area contributed by atoms with Crippen molar-refractivity contribution in [3.05, 3.63) is 29.8 Å². The number of rotatable bonds is 6. The lowest BCUT2D eigenvalue weighted by atomic mass is 10.2. The molecule has 0 aliphatic rings. The lowest BCUT2D eigenvalue weighted by molar-refractivity contribution is -0.00553. The Morgan fingerprint density at radius 1 is 1.06 bits per heavy atom. The Bertz CT molecular complexity index is 326. The minimum atomic E-state index is -0.0304. The highest BCUT2D eigenvalue weighted by atomic mass is 16.5. The summed E-state index contributed by atoms with van der Waals surface area (Å²) in [5.41, 5.74) is 1.20. The zero-order valence-corrected chi connectivity index (χ0v) is 11.5. The van der Waals surface area contributed by atoms with Gasteiger partial charge in [0.15, 0.2) is 0 Å². The quantitative estimate of drug-likeness (QED) is 0.696. The molecule has 1 aromatic carbocycles. The van der Waals surface area contributed by atoms with Crippen molar-refractivity contribution in [3.8, 4) is 5.75 Å². The van der Waals surface area contributed by atoms with Crippen molar-refractivity contribution in [3.63, 3.8) is 0 Å². The fourth-order valence-corrected chi connectivity index (χ4v) is 1.48. The van der Waals surface area contributed by atoms with Crippen LogP contribution in [-0.4, -0.2) is 18.8 Å². The number of hydrogen-bond acceptors (Lipinski definition) is 2. The molecule has 0 saturated heterocycles. The standard InChI is InChI=1S/C15H24O2/c1-13-8-7-9-14(12-13)16-10-5-6-11-17-15(2,3)4/h7-9,12H,5-6,10-11H2,1-4H3. The van der Waals surface area contributed by atoms with Crippen LogP contribution in [0.3, 0.4) is 0 Å². The molecule has 0 atom stereocenters. The number of unbranched alkanes of at least 4 members (excludes halogenated alkanes) is 1. The summed E-state index contributed by atoms with van der Waals surface area (Å²) in [6.45, 7) is 9.88. The van der Waals surface area contributed by atoms with Gasteiger partial charge >= 0.3 is 0 Å². The van der Waals surface area contributed by atoms with E-state index in [1.807, 2.05) is 12.1 Å². The summed E-state index contributed by atoms with van der Waals surface area (Å²) in [5, 5.41) is 0. The fourth-order valence-electron chi connectivity index (χ4n) is 1.48. The summed E-state index contributed by atoms with van der Waals surface area (Å²) in [6, 6.07) is 8.15. The van der Waals surface area contributed by atoms with Gasteiger partial charge in [0, 0.05) is 6.61 Å². The first-order valence-corrected chi connectivity index (χ1v) is 6.31. The van der Waals surface area contributed by atoms with Gasteiger partial charge < -0.3 is 9.47 Å². The zero-order valence-electron chi connectivity index (χ0n) is 11.5. The number of hydrogen-bond donors (Lipinski definition) is 0. The van der Waals surface area contributed by atoms with E-state index >= 15 is 0 Å². The molecule has 17 heavy (non-hydrogen) atoms. The third-order valence-corrected chi connectivity index (χ3v) is 2.33. The maximum Gasteiger partial charge on any atom is 0.119 e. The van der Waals surface area contributed by atoms with Crippen molar-refractivity contribution in [2.24, 2.45) is 0 Å². The van der Waals surface area contributed by atoms with Crippen LogP contribution >= 0.6 is 0 Å². The lowest BCUT2D eigenvalue weighted by Gasteiger charge is -2.19. The average Bonchev–Trinajstić information content (AvgIpc) is 2.22. The highest BCUT2D eigenvalue weighted by Crippen LogP contribution is 2.13. The zero-order chi connectivity index (χ0) is 12.7. The van der Waals surface area contributed by atoms with Gasteiger partial charge in [0.25, 0.3) is 0 Å². The second-order valence-electron chi connectivity index (χ2n) is 5.33. The SMILES string of the molecule is Cc1cccc(OCCCCOC(C)(C)C)c1. The van der Waals surface area contributed by atoms with Gasteiger partial charge in [-0.15, -0.1) is 0 Å². The lowest BCUT2D eigenvalue weighted by Crippen LogP contribution is -2.19. The van der Waals surface area contributed by atoms with Crippen molar-refractivity contribution < 1.29 is 9.47 Å². The van der Waals surface area contributed by atoms with Crippen molar-refractivity contribution in [2.45, 2.75) is 46.1 Å². The van der Waals surface area contributed by atoms with Crippen molar-refractivity contribution in [1.82, 2.24) is 0 Å². The first kappa shape index (κ1) is 14.0. The highest BCUT2D eigenvalue weighted by molar-refractivity contribution is 5.27. The molecule has 0 N–H and O–H groups in total. The molecule has 0 unspecified atom stereocenters. The predicted molar refractivity (Wildman–Crippen MR) is 71.6 cm³/mol. The number of ether oxygens (including phenoxy) is 2. The third kappa shape index (κ3) is 7.01. The second kappa shape index (κ2) is 6.65. The number of benzene rings is 1. The van der Waals surface area contributed by atoms with E-state index in [2.05, 4.69) is 39.8 Å². The average molecular weight is 236 g/mol. The van der Waals surface area contributed by atoms with Gasteiger partial charge in [0.2, 0.25) is 0 Å². The van der Waals surface area contributed by atoms with E-state index in [1.54, 1.807) is 0 Å². The van der Waals surface area contributed by atoms with Gasteiger partial charge in [-0.05, 0) is 58.2 Å². The normalized spacial score (nSPS) is 11.5. The summed E-state index contributed by atoms with van der Waals surface area (Å²) in [6.07, 6.45) is 2.08. The maximum atomic E-state index is 5.66. The van der Waals surface area contributed by atoms with E-state index < -0.39 is 0 Å². The van der Waals surface area contributed by atoms with Crippen LogP contribution in [0.2, 0.25) is 0 Å². The molecule has 0 aromatic heterocycles. The number of aryl methyl sites for hydroxylation is 1. The molecular weight excluding hydrogens is 212 g/mol. The smallest absolute Gasteiger partial charge is 0.119 e. The van der Waals surface area contributed by atoms with Crippen LogP contribution in [0.4, 0.5) is 0 Å². The van der Waals surface area contributed by atoms with Crippen LogP contribution in [0, 0.1) is 6.92 Å². The van der Waals surface area contributed by atoms with Gasteiger partial charge in [0.1, 0.15) is 5.75 Å². The summed E-state index contributed by atoms with van der Waals surface area (Å²) < 4.78 is 11.3. The van der Waals surface area contributed by atoms with Crippen LogP contribution in [0.1, 0.15) is 39.2 Å². The molecule has 2 heteroatoms. The Balaban J connectivity index is 2.09. The van der Waals surface area contributed by atoms with Crippen molar-refractivity contribution in [1.29, 1.82) is 0 Å². The molecule has 0 amide bonds. The summed E-state index contributed by atoms with van der Waals surface area (Å²) in [4.78, 5) is 0. The van der Waals surface area contributed by atoms with E-state index in [9.17, 15) is 0 Å². The van der Waals surface area contributed by atoms with E-state index in [0.29, 0.717) is 0 Å². The highest BCUT2D eigenvalue weighted by Gasteiger charge is 2.08. The van der Waals surface area contributed by atoms with Gasteiger partial charge in [0.05, 0.1) is 12.2 Å². The van der Waals surface area contributed by atoms with Crippen LogP contribution in [0.15, 0.2) is 24.3 Å². The summed E-state index contributed by atoms with van der Waals surface area (Å²) >= 11 is 0. The molecule has 0 saturated carbocycles. The maximum absolute atomic E-state index is 5.66. The topological polar surface area (TPSA) is 18.5 Å². The molecular formula is C15H24O2. The van der Waals surface area contributed by atoms with Gasteiger partial charge in [-0.1, -0.05) is 12.1 Å². The Hall–Kier alpha value is -1.02. The summed E-state index contributed by atoms with van der Waals surface area (Å²) in [7, 11) is 0. The Labute approximate surface area is 105 Å². The van der Waals surface area contributed by atoms with Gasteiger partial charge in [-0.3, -0.25) is 0 Å². The first-order chi connectivity index (χ1) is 7.97. The molecule has 96 valence electrons. The minimum absolute atomic E-state index is 0.0304. The van der Waals surface area contributed by atoms with E-state index in [-0.39, 0.29) is 5.60 Å². The molecule has 1 rings (SSSR count). The van der Waals surface area contributed by atoms with E-state index in [1.165, 1.54) is 5.56 Å². The molecule has 0 spiro atoms. The fraction of sp³-hybridized carbons (Fsp3) is 0.600. The van der Waals surface area contributed by atoms with Gasteiger partial charge in [-0.25, -0.2) is 0 Å². The predicted octanol–water partition coefficient (Wildman–Crippen LogP) is 3.97. The largest absolute Gasteiger partial charge is 0.494 e. The summed E-state index contributed by atoms with van der Waals surface area (Å²) in [5.74, 6) is 0.960. The molecule has 0 radical (unpaired) electrons. The molecule has 0 fully saturated rings. The molecule has 2 nitrogen and oxygen atoms in total. The molecule has 0 bridgehead atoms. The molecule has 0 aliphatic carbocycles. The Morgan fingerprint density at radius 3 is 2.41 bits per heavy atom.